The fourth-order valence-corrected chi connectivity index (χ4v) is 5.08. The second-order valence-corrected chi connectivity index (χ2v) is 9.04. The van der Waals surface area contributed by atoms with Crippen LogP contribution in [0.4, 0.5) is 10.3 Å². The average Bonchev–Trinajstić information content (AvgIpc) is 3.33. The maximum Gasteiger partial charge on any atom is 0.228 e. The first-order valence-electron chi connectivity index (χ1n) is 9.97. The molecule has 1 aromatic heterocycles. The Kier molecular flexibility index (Phi) is 6.43. The molecule has 2 fully saturated rings. The van der Waals surface area contributed by atoms with Crippen molar-refractivity contribution in [3.8, 4) is 0 Å². The summed E-state index contributed by atoms with van der Waals surface area (Å²) in [7, 11) is 0. The van der Waals surface area contributed by atoms with Crippen LogP contribution in [0.5, 0.6) is 0 Å². The van der Waals surface area contributed by atoms with Gasteiger partial charge in [0.05, 0.1) is 12.6 Å². The zero-order valence-corrected chi connectivity index (χ0v) is 17.7. The fraction of sp³-hybridized carbons (Fsp3) is 0.600. The minimum Gasteiger partial charge on any atom is -0.376 e. The second kappa shape index (κ2) is 9.01. The summed E-state index contributed by atoms with van der Waals surface area (Å²) in [6.45, 7) is 5.84. The zero-order chi connectivity index (χ0) is 19.5. The molecule has 1 unspecified atom stereocenters. The number of rotatable bonds is 6. The van der Waals surface area contributed by atoms with Crippen molar-refractivity contribution in [3.63, 3.8) is 0 Å². The highest BCUT2D eigenvalue weighted by Gasteiger charge is 2.26. The van der Waals surface area contributed by atoms with Crippen LogP contribution in [-0.2, 0) is 17.0 Å². The van der Waals surface area contributed by atoms with Crippen molar-refractivity contribution in [1.82, 2.24) is 14.8 Å². The van der Waals surface area contributed by atoms with Crippen LogP contribution >= 0.6 is 23.4 Å². The molecule has 5 nitrogen and oxygen atoms in total. The van der Waals surface area contributed by atoms with Gasteiger partial charge in [0.25, 0.3) is 0 Å². The highest BCUT2D eigenvalue weighted by atomic mass is 35.5. The molecule has 28 heavy (non-hydrogen) atoms. The number of ether oxygens (including phenoxy) is 1. The van der Waals surface area contributed by atoms with Crippen LogP contribution in [0.15, 0.2) is 23.4 Å². The largest absolute Gasteiger partial charge is 0.376 e. The first-order valence-corrected chi connectivity index (χ1v) is 11.3. The van der Waals surface area contributed by atoms with Crippen molar-refractivity contribution in [1.29, 1.82) is 0 Å². The van der Waals surface area contributed by atoms with Gasteiger partial charge in [-0.2, -0.15) is 0 Å². The fourth-order valence-electron chi connectivity index (χ4n) is 3.79. The number of benzene rings is 1. The van der Waals surface area contributed by atoms with Gasteiger partial charge < -0.3 is 9.64 Å². The third-order valence-electron chi connectivity index (χ3n) is 5.58. The highest BCUT2D eigenvalue weighted by molar-refractivity contribution is 7.98. The van der Waals surface area contributed by atoms with Gasteiger partial charge in [-0.1, -0.05) is 36.4 Å². The van der Waals surface area contributed by atoms with E-state index >= 15 is 0 Å². The maximum atomic E-state index is 14.1. The number of thioether (sulfide) groups is 1. The van der Waals surface area contributed by atoms with Gasteiger partial charge in [-0.05, 0) is 43.7 Å². The van der Waals surface area contributed by atoms with E-state index in [0.717, 1.165) is 56.1 Å². The molecule has 0 saturated carbocycles. The van der Waals surface area contributed by atoms with Crippen molar-refractivity contribution in [2.45, 2.75) is 56.2 Å². The topological polar surface area (TPSA) is 43.2 Å². The van der Waals surface area contributed by atoms with Gasteiger partial charge in [-0.3, -0.25) is 4.57 Å². The average molecular weight is 425 g/mol. The number of aromatic nitrogens is 3. The minimum absolute atomic E-state index is 0.190. The molecule has 152 valence electrons. The van der Waals surface area contributed by atoms with Crippen LogP contribution in [0.1, 0.15) is 38.2 Å². The van der Waals surface area contributed by atoms with Crippen molar-refractivity contribution < 1.29 is 9.13 Å². The van der Waals surface area contributed by atoms with Gasteiger partial charge in [0.15, 0.2) is 5.16 Å². The van der Waals surface area contributed by atoms with E-state index in [9.17, 15) is 4.39 Å². The number of halogens is 2. The van der Waals surface area contributed by atoms with Crippen LogP contribution in [-0.4, -0.2) is 40.6 Å². The first kappa shape index (κ1) is 20.0. The second-order valence-electron chi connectivity index (χ2n) is 7.69. The monoisotopic (exact) mass is 424 g/mol. The normalized spacial score (nSPS) is 20.8. The van der Waals surface area contributed by atoms with E-state index in [2.05, 4.69) is 26.6 Å². The number of hydrogen-bond donors (Lipinski definition) is 0. The predicted molar refractivity (Wildman–Crippen MR) is 111 cm³/mol. The van der Waals surface area contributed by atoms with Gasteiger partial charge in [0, 0.05) is 36.0 Å². The molecule has 0 amide bonds. The molecule has 0 N–H and O–H groups in total. The van der Waals surface area contributed by atoms with E-state index < -0.39 is 0 Å². The van der Waals surface area contributed by atoms with Crippen molar-refractivity contribution in [2.24, 2.45) is 5.92 Å². The lowest BCUT2D eigenvalue weighted by atomic mass is 10.00. The number of hydrogen-bond acceptors (Lipinski definition) is 5. The van der Waals surface area contributed by atoms with Crippen molar-refractivity contribution in [2.75, 3.05) is 24.6 Å². The van der Waals surface area contributed by atoms with E-state index in [1.807, 2.05) is 0 Å². The third-order valence-corrected chi connectivity index (χ3v) is 6.93. The summed E-state index contributed by atoms with van der Waals surface area (Å²) in [6, 6.07) is 4.79. The van der Waals surface area contributed by atoms with Crippen molar-refractivity contribution in [3.05, 3.63) is 34.6 Å². The van der Waals surface area contributed by atoms with Crippen LogP contribution in [0, 0.1) is 11.7 Å². The summed E-state index contributed by atoms with van der Waals surface area (Å²) < 4.78 is 22.2. The SMILES string of the molecule is CC1CCN(c2nnc(SCc3c(F)cccc3Cl)n2CC2CCCO2)CC1. The number of piperidine rings is 1. The Labute approximate surface area is 174 Å². The smallest absolute Gasteiger partial charge is 0.228 e. The van der Waals surface area contributed by atoms with E-state index in [0.29, 0.717) is 16.3 Å². The lowest BCUT2D eigenvalue weighted by molar-refractivity contribution is 0.0951. The molecule has 2 saturated heterocycles. The number of nitrogens with zero attached hydrogens (tertiary/aromatic N) is 4. The molecular formula is C20H26ClFN4OS. The molecule has 4 rings (SSSR count). The van der Waals surface area contributed by atoms with Crippen LogP contribution in [0.2, 0.25) is 5.02 Å². The van der Waals surface area contributed by atoms with Crippen LogP contribution in [0.3, 0.4) is 0 Å². The van der Waals surface area contributed by atoms with E-state index in [1.165, 1.54) is 30.7 Å². The molecule has 3 heterocycles. The van der Waals surface area contributed by atoms with Gasteiger partial charge in [0.1, 0.15) is 5.82 Å². The van der Waals surface area contributed by atoms with Gasteiger partial charge in [-0.25, -0.2) is 4.39 Å². The van der Waals surface area contributed by atoms with Crippen molar-refractivity contribution >= 4 is 29.3 Å². The lowest BCUT2D eigenvalue weighted by Gasteiger charge is -2.31. The van der Waals surface area contributed by atoms with Crippen LogP contribution in [0.25, 0.3) is 0 Å². The summed E-state index contributed by atoms with van der Waals surface area (Å²) >= 11 is 7.67. The van der Waals surface area contributed by atoms with Gasteiger partial charge >= 0.3 is 0 Å². The molecule has 1 aromatic carbocycles. The Morgan fingerprint density at radius 1 is 1.25 bits per heavy atom. The molecule has 2 aliphatic rings. The van der Waals surface area contributed by atoms with Gasteiger partial charge in [-0.15, -0.1) is 10.2 Å². The van der Waals surface area contributed by atoms with Gasteiger partial charge in [0.2, 0.25) is 5.95 Å². The molecule has 2 aromatic rings. The molecule has 0 radical (unpaired) electrons. The first-order chi connectivity index (χ1) is 13.6. The molecule has 0 aliphatic carbocycles. The Balaban J connectivity index is 1.55. The van der Waals surface area contributed by atoms with Crippen LogP contribution < -0.4 is 4.90 Å². The maximum absolute atomic E-state index is 14.1. The molecular weight excluding hydrogens is 399 g/mol. The Morgan fingerprint density at radius 2 is 2.07 bits per heavy atom. The molecule has 0 bridgehead atoms. The summed E-state index contributed by atoms with van der Waals surface area (Å²) in [4.78, 5) is 2.32. The van der Waals surface area contributed by atoms with E-state index in [-0.39, 0.29) is 11.9 Å². The standard InChI is InChI=1S/C20H26ClFN4OS/c1-14-7-9-25(10-8-14)19-23-24-20(26(19)12-15-4-3-11-27-15)28-13-16-17(21)5-2-6-18(16)22/h2,5-6,14-15H,3-4,7-13H2,1H3. The molecule has 1 atom stereocenters. The third kappa shape index (κ3) is 4.47. The lowest BCUT2D eigenvalue weighted by Crippen LogP contribution is -2.35. The molecule has 0 spiro atoms. The summed E-state index contributed by atoms with van der Waals surface area (Å²) in [6.07, 6.45) is 4.67. The summed E-state index contributed by atoms with van der Waals surface area (Å²) in [5.41, 5.74) is 0.509. The Bertz CT molecular complexity index is 783. The quantitative estimate of drug-likeness (QED) is 0.624. The Morgan fingerprint density at radius 3 is 2.79 bits per heavy atom. The zero-order valence-electron chi connectivity index (χ0n) is 16.1. The summed E-state index contributed by atoms with van der Waals surface area (Å²) in [5.74, 6) is 1.80. The highest BCUT2D eigenvalue weighted by Crippen LogP contribution is 2.31. The molecule has 8 heteroatoms. The predicted octanol–water partition coefficient (Wildman–Crippen LogP) is 4.78. The minimum atomic E-state index is -0.282. The number of anilines is 1. The van der Waals surface area contributed by atoms with E-state index in [1.54, 1.807) is 12.1 Å². The van der Waals surface area contributed by atoms with E-state index in [4.69, 9.17) is 16.3 Å². The summed E-state index contributed by atoms with van der Waals surface area (Å²) in [5, 5.41) is 10.2. The Hall–Kier alpha value is -1.31. The molecule has 2 aliphatic heterocycles.